The quantitative estimate of drug-likeness (QED) is 0.448. The van der Waals surface area contributed by atoms with E-state index in [4.69, 9.17) is 0 Å². The predicted octanol–water partition coefficient (Wildman–Crippen LogP) is 4.56. The van der Waals surface area contributed by atoms with Crippen molar-refractivity contribution < 1.29 is 9.18 Å². The van der Waals surface area contributed by atoms with Crippen molar-refractivity contribution in [2.75, 3.05) is 11.1 Å². The van der Waals surface area contributed by atoms with E-state index in [1.807, 2.05) is 22.8 Å². The van der Waals surface area contributed by atoms with Gasteiger partial charge in [0, 0.05) is 17.8 Å². The summed E-state index contributed by atoms with van der Waals surface area (Å²) in [4.78, 5) is 12.2. The lowest BCUT2D eigenvalue weighted by Gasteiger charge is -2.10. The predicted molar refractivity (Wildman–Crippen MR) is 111 cm³/mol. The van der Waals surface area contributed by atoms with E-state index in [1.165, 1.54) is 41.6 Å². The summed E-state index contributed by atoms with van der Waals surface area (Å²) in [5, 5.41) is 12.0. The fraction of sp³-hybridized carbons (Fsp3) is 0.190. The summed E-state index contributed by atoms with van der Waals surface area (Å²) in [6, 6.07) is 13.7. The number of carbonyl (C=O) groups is 1. The molecule has 0 radical (unpaired) electrons. The minimum Gasteiger partial charge on any atom is -0.325 e. The van der Waals surface area contributed by atoms with Gasteiger partial charge in [-0.15, -0.1) is 16.8 Å². The smallest absolute Gasteiger partial charge is 0.234 e. The number of nitrogens with zero attached hydrogens (tertiary/aromatic N) is 3. The van der Waals surface area contributed by atoms with Gasteiger partial charge in [0.1, 0.15) is 5.82 Å². The Balaban J connectivity index is 1.75. The van der Waals surface area contributed by atoms with Gasteiger partial charge in [-0.2, -0.15) is 0 Å². The summed E-state index contributed by atoms with van der Waals surface area (Å²) in [5.74, 6) is 0.395. The molecule has 1 aromatic heterocycles. The molecular formula is C21H21FN4OS. The molecule has 0 aliphatic heterocycles. The largest absolute Gasteiger partial charge is 0.325 e. The highest BCUT2D eigenvalue weighted by atomic mass is 32.2. The van der Waals surface area contributed by atoms with Crippen molar-refractivity contribution in [2.24, 2.45) is 0 Å². The maximum atomic E-state index is 13.0. The van der Waals surface area contributed by atoms with Crippen molar-refractivity contribution in [3.63, 3.8) is 0 Å². The normalized spacial score (nSPS) is 10.6. The van der Waals surface area contributed by atoms with Crippen LogP contribution in [-0.2, 0) is 17.8 Å². The molecule has 5 nitrogen and oxygen atoms in total. The molecule has 3 aromatic rings. The Morgan fingerprint density at radius 1 is 1.21 bits per heavy atom. The van der Waals surface area contributed by atoms with Crippen molar-refractivity contribution in [3.8, 4) is 11.4 Å². The van der Waals surface area contributed by atoms with Crippen LogP contribution in [0.4, 0.5) is 10.1 Å². The fourth-order valence-corrected chi connectivity index (χ4v) is 3.54. The van der Waals surface area contributed by atoms with E-state index in [0.29, 0.717) is 17.4 Å². The van der Waals surface area contributed by atoms with Crippen LogP contribution in [0, 0.1) is 5.82 Å². The van der Waals surface area contributed by atoms with Crippen LogP contribution in [0.3, 0.4) is 0 Å². The second kappa shape index (κ2) is 9.32. The molecule has 0 unspecified atom stereocenters. The zero-order valence-corrected chi connectivity index (χ0v) is 16.4. The maximum absolute atomic E-state index is 13.0. The molecule has 0 atom stereocenters. The molecule has 144 valence electrons. The molecule has 2 aromatic carbocycles. The fourth-order valence-electron chi connectivity index (χ4n) is 2.80. The van der Waals surface area contributed by atoms with E-state index in [9.17, 15) is 9.18 Å². The molecule has 0 bridgehead atoms. The first-order valence-electron chi connectivity index (χ1n) is 8.93. The zero-order chi connectivity index (χ0) is 19.9. The Morgan fingerprint density at radius 3 is 2.68 bits per heavy atom. The highest BCUT2D eigenvalue weighted by Gasteiger charge is 2.16. The van der Waals surface area contributed by atoms with Crippen LogP contribution in [0.2, 0.25) is 0 Å². The topological polar surface area (TPSA) is 59.8 Å². The van der Waals surface area contributed by atoms with Crippen LogP contribution in [0.25, 0.3) is 11.4 Å². The monoisotopic (exact) mass is 396 g/mol. The van der Waals surface area contributed by atoms with Gasteiger partial charge in [0.2, 0.25) is 5.91 Å². The number of thioether (sulfide) groups is 1. The average molecular weight is 396 g/mol. The standard InChI is InChI=1S/C21H21FN4OS/c1-3-13-26-20(18-8-6-5-7-15(18)4-2)24-25-21(26)28-14-19(27)23-17-11-9-16(22)10-12-17/h3,5-12H,1,4,13-14H2,2H3,(H,23,27). The molecule has 0 spiro atoms. The van der Waals surface area contributed by atoms with E-state index < -0.39 is 0 Å². The molecule has 0 aliphatic carbocycles. The van der Waals surface area contributed by atoms with Gasteiger partial charge in [-0.1, -0.05) is 49.0 Å². The Morgan fingerprint density at radius 2 is 1.96 bits per heavy atom. The molecule has 7 heteroatoms. The number of nitrogens with one attached hydrogen (secondary N) is 1. The molecule has 0 saturated carbocycles. The molecule has 0 aliphatic rings. The molecule has 0 fully saturated rings. The summed E-state index contributed by atoms with van der Waals surface area (Å²) in [7, 11) is 0. The number of anilines is 1. The van der Waals surface area contributed by atoms with Crippen LogP contribution in [0.15, 0.2) is 66.3 Å². The van der Waals surface area contributed by atoms with Crippen LogP contribution < -0.4 is 5.32 Å². The lowest BCUT2D eigenvalue weighted by molar-refractivity contribution is -0.113. The van der Waals surface area contributed by atoms with E-state index in [2.05, 4.69) is 35.1 Å². The van der Waals surface area contributed by atoms with Crippen molar-refractivity contribution in [1.82, 2.24) is 14.8 Å². The number of benzene rings is 2. The third kappa shape index (κ3) is 4.67. The minimum atomic E-state index is -0.343. The van der Waals surface area contributed by atoms with E-state index in [-0.39, 0.29) is 17.5 Å². The molecule has 1 amide bonds. The number of allylic oxidation sites excluding steroid dienone is 1. The summed E-state index contributed by atoms with van der Waals surface area (Å²) in [6.07, 6.45) is 2.67. The molecule has 3 rings (SSSR count). The number of rotatable bonds is 8. The number of aromatic nitrogens is 3. The van der Waals surface area contributed by atoms with Crippen LogP contribution in [-0.4, -0.2) is 26.4 Å². The van der Waals surface area contributed by atoms with Crippen molar-refractivity contribution >= 4 is 23.4 Å². The van der Waals surface area contributed by atoms with E-state index in [1.54, 1.807) is 6.08 Å². The first-order valence-corrected chi connectivity index (χ1v) is 9.91. The Labute approximate surface area is 167 Å². The van der Waals surface area contributed by atoms with Crippen molar-refractivity contribution in [1.29, 1.82) is 0 Å². The summed E-state index contributed by atoms with van der Waals surface area (Å²) in [5.41, 5.74) is 2.77. The molecule has 1 heterocycles. The van der Waals surface area contributed by atoms with Gasteiger partial charge in [0.15, 0.2) is 11.0 Å². The Kier molecular flexibility index (Phi) is 6.60. The van der Waals surface area contributed by atoms with Gasteiger partial charge in [-0.25, -0.2) is 4.39 Å². The lowest BCUT2D eigenvalue weighted by Crippen LogP contribution is -2.14. The molecule has 28 heavy (non-hydrogen) atoms. The number of hydrogen-bond acceptors (Lipinski definition) is 4. The first kappa shape index (κ1) is 19.8. The highest BCUT2D eigenvalue weighted by molar-refractivity contribution is 7.99. The number of aryl methyl sites for hydroxylation is 1. The summed E-state index contributed by atoms with van der Waals surface area (Å²) >= 11 is 1.30. The molecule has 0 saturated heterocycles. The van der Waals surface area contributed by atoms with Gasteiger partial charge in [-0.3, -0.25) is 9.36 Å². The first-order chi connectivity index (χ1) is 13.6. The SMILES string of the molecule is C=CCn1c(SCC(=O)Nc2ccc(F)cc2)nnc1-c1ccccc1CC. The number of halogens is 1. The second-order valence-corrected chi connectivity index (χ2v) is 7.00. The van der Waals surface area contributed by atoms with Crippen molar-refractivity contribution in [3.05, 3.63) is 72.6 Å². The Bertz CT molecular complexity index is 969. The maximum Gasteiger partial charge on any atom is 0.234 e. The van der Waals surface area contributed by atoms with Crippen LogP contribution in [0.5, 0.6) is 0 Å². The van der Waals surface area contributed by atoms with Gasteiger partial charge >= 0.3 is 0 Å². The highest BCUT2D eigenvalue weighted by Crippen LogP contribution is 2.27. The second-order valence-electron chi connectivity index (χ2n) is 6.06. The lowest BCUT2D eigenvalue weighted by atomic mass is 10.0. The molecular weight excluding hydrogens is 375 g/mol. The third-order valence-electron chi connectivity index (χ3n) is 4.13. The summed E-state index contributed by atoms with van der Waals surface area (Å²) < 4.78 is 14.9. The number of hydrogen-bond donors (Lipinski definition) is 1. The van der Waals surface area contributed by atoms with E-state index >= 15 is 0 Å². The van der Waals surface area contributed by atoms with Crippen molar-refractivity contribution in [2.45, 2.75) is 25.0 Å². The van der Waals surface area contributed by atoms with Crippen LogP contribution in [0.1, 0.15) is 12.5 Å². The third-order valence-corrected chi connectivity index (χ3v) is 5.09. The minimum absolute atomic E-state index is 0.169. The summed E-state index contributed by atoms with van der Waals surface area (Å²) in [6.45, 7) is 6.46. The zero-order valence-electron chi connectivity index (χ0n) is 15.6. The molecule has 1 N–H and O–H groups in total. The van der Waals surface area contributed by atoms with Gasteiger partial charge in [-0.05, 0) is 36.2 Å². The van der Waals surface area contributed by atoms with Gasteiger partial charge in [0.05, 0.1) is 5.75 Å². The van der Waals surface area contributed by atoms with Crippen LogP contribution >= 0.6 is 11.8 Å². The van der Waals surface area contributed by atoms with Gasteiger partial charge in [0.25, 0.3) is 0 Å². The Hall–Kier alpha value is -2.93. The average Bonchev–Trinajstić information content (AvgIpc) is 3.11. The number of amides is 1. The van der Waals surface area contributed by atoms with E-state index in [0.717, 1.165) is 17.8 Å². The number of carbonyl (C=O) groups excluding carboxylic acids is 1. The van der Waals surface area contributed by atoms with Gasteiger partial charge < -0.3 is 5.32 Å².